The van der Waals surface area contributed by atoms with Crippen LogP contribution in [-0.4, -0.2) is 4.98 Å². The van der Waals surface area contributed by atoms with Crippen LogP contribution in [0.15, 0.2) is 42.7 Å². The molecule has 0 aliphatic rings. The van der Waals surface area contributed by atoms with Crippen molar-refractivity contribution in [1.29, 1.82) is 0 Å². The molecule has 1 N–H and O–H groups in total. The van der Waals surface area contributed by atoms with E-state index in [1.54, 1.807) is 0 Å². The number of aromatic nitrogens is 2. The van der Waals surface area contributed by atoms with E-state index in [0.29, 0.717) is 5.92 Å². The monoisotopic (exact) mass is 453 g/mol. The van der Waals surface area contributed by atoms with Gasteiger partial charge in [-0.15, -0.1) is 0 Å². The van der Waals surface area contributed by atoms with Gasteiger partial charge in [-0.25, -0.2) is 4.98 Å². The first kappa shape index (κ1) is 27.7. The first-order valence-electron chi connectivity index (χ1n) is 14.5. The van der Waals surface area contributed by atoms with Crippen molar-refractivity contribution in [3.8, 4) is 5.69 Å². The van der Waals surface area contributed by atoms with Crippen LogP contribution in [0.4, 0.5) is 0 Å². The summed E-state index contributed by atoms with van der Waals surface area (Å²) in [6.07, 6.45) is 30.9. The third kappa shape index (κ3) is 11.9. The van der Waals surface area contributed by atoms with Crippen LogP contribution in [0.3, 0.4) is 0 Å². The molecule has 2 nitrogen and oxygen atoms in total. The highest BCUT2D eigenvalue weighted by atomic mass is 15.1. The van der Waals surface area contributed by atoms with Crippen molar-refractivity contribution in [1.82, 2.24) is 4.98 Å². The number of nitrogens with one attached hydrogen (secondary N) is 1. The fourth-order valence-electron chi connectivity index (χ4n) is 5.12. The highest BCUT2D eigenvalue weighted by Crippen LogP contribution is 2.26. The van der Waals surface area contributed by atoms with Crippen LogP contribution in [0, 0.1) is 0 Å². The SMILES string of the molecule is CCCCCCCCCCCCC[C@H](CCCCCCCC)c1[nH]cc[n+]1-c1ccccc1. The molecule has 186 valence electrons. The molecule has 1 atom stereocenters. The maximum atomic E-state index is 3.62. The maximum absolute atomic E-state index is 3.62. The second kappa shape index (κ2) is 18.8. The molecule has 0 saturated carbocycles. The minimum Gasteiger partial charge on any atom is -0.247 e. The zero-order chi connectivity index (χ0) is 23.4. The van der Waals surface area contributed by atoms with Gasteiger partial charge in [-0.2, -0.15) is 4.57 Å². The van der Waals surface area contributed by atoms with Gasteiger partial charge >= 0.3 is 0 Å². The lowest BCUT2D eigenvalue weighted by Gasteiger charge is -2.14. The van der Waals surface area contributed by atoms with E-state index in [1.165, 1.54) is 134 Å². The second-order valence-electron chi connectivity index (χ2n) is 10.1. The largest absolute Gasteiger partial charge is 0.262 e. The molecule has 0 unspecified atom stereocenters. The van der Waals surface area contributed by atoms with Crippen molar-refractivity contribution in [3.63, 3.8) is 0 Å². The molecule has 0 radical (unpaired) electrons. The normalized spacial score (nSPS) is 12.3. The average Bonchev–Trinajstić information content (AvgIpc) is 3.33. The summed E-state index contributed by atoms with van der Waals surface area (Å²) >= 11 is 0. The van der Waals surface area contributed by atoms with Crippen LogP contribution in [0.1, 0.15) is 148 Å². The summed E-state index contributed by atoms with van der Waals surface area (Å²) < 4.78 is 2.39. The predicted molar refractivity (Wildman–Crippen MR) is 144 cm³/mol. The molecule has 1 aromatic heterocycles. The van der Waals surface area contributed by atoms with E-state index in [1.807, 2.05) is 0 Å². The van der Waals surface area contributed by atoms with E-state index >= 15 is 0 Å². The van der Waals surface area contributed by atoms with Crippen LogP contribution >= 0.6 is 0 Å². The Morgan fingerprint density at radius 3 is 1.55 bits per heavy atom. The second-order valence-corrected chi connectivity index (χ2v) is 10.1. The number of nitrogens with zero attached hydrogens (tertiary/aromatic N) is 1. The van der Waals surface area contributed by atoms with Gasteiger partial charge in [-0.05, 0) is 25.0 Å². The number of imidazole rings is 1. The van der Waals surface area contributed by atoms with Gasteiger partial charge in [0.25, 0.3) is 5.82 Å². The molecule has 0 bridgehead atoms. The van der Waals surface area contributed by atoms with Gasteiger partial charge in [0, 0.05) is 0 Å². The Kier molecular flexibility index (Phi) is 15.8. The summed E-state index contributed by atoms with van der Waals surface area (Å²) in [4.78, 5) is 3.62. The molecule has 33 heavy (non-hydrogen) atoms. The Bertz CT molecular complexity index is 675. The lowest BCUT2D eigenvalue weighted by atomic mass is 9.93. The van der Waals surface area contributed by atoms with E-state index in [4.69, 9.17) is 0 Å². The van der Waals surface area contributed by atoms with Crippen molar-refractivity contribution < 1.29 is 4.57 Å². The van der Waals surface area contributed by atoms with Gasteiger partial charge in [0.2, 0.25) is 0 Å². The summed E-state index contributed by atoms with van der Waals surface area (Å²) in [5.41, 5.74) is 1.28. The fourth-order valence-corrected chi connectivity index (χ4v) is 5.12. The maximum Gasteiger partial charge on any atom is 0.262 e. The molecule has 0 aliphatic carbocycles. The molecule has 0 saturated heterocycles. The number of hydrogen-bond acceptors (Lipinski definition) is 0. The number of hydrogen-bond donors (Lipinski definition) is 1. The molecular weight excluding hydrogens is 400 g/mol. The van der Waals surface area contributed by atoms with E-state index < -0.39 is 0 Å². The summed E-state index contributed by atoms with van der Waals surface area (Å²) in [5, 5.41) is 0. The Labute approximate surface area is 205 Å². The number of rotatable bonds is 21. The first-order valence-corrected chi connectivity index (χ1v) is 14.5. The van der Waals surface area contributed by atoms with Gasteiger partial charge in [0.15, 0.2) is 0 Å². The van der Waals surface area contributed by atoms with Crippen molar-refractivity contribution >= 4 is 0 Å². The number of para-hydroxylation sites is 1. The third-order valence-corrected chi connectivity index (χ3v) is 7.20. The van der Waals surface area contributed by atoms with Crippen LogP contribution in [0.2, 0.25) is 0 Å². The summed E-state index contributed by atoms with van der Waals surface area (Å²) in [7, 11) is 0. The van der Waals surface area contributed by atoms with Gasteiger partial charge in [0.1, 0.15) is 18.1 Å². The predicted octanol–water partition coefficient (Wildman–Crippen LogP) is 9.83. The lowest BCUT2D eigenvalue weighted by molar-refractivity contribution is -0.604. The molecular formula is C31H53N2+. The highest BCUT2D eigenvalue weighted by molar-refractivity contribution is 5.22. The molecule has 0 aliphatic heterocycles. The number of benzene rings is 1. The van der Waals surface area contributed by atoms with Crippen molar-refractivity contribution in [2.24, 2.45) is 0 Å². The van der Waals surface area contributed by atoms with E-state index in [0.717, 1.165) is 0 Å². The molecule has 2 aromatic rings. The van der Waals surface area contributed by atoms with Gasteiger partial charge in [0.05, 0.1) is 5.92 Å². The van der Waals surface area contributed by atoms with Crippen molar-refractivity contribution in [3.05, 3.63) is 48.5 Å². The first-order chi connectivity index (χ1) is 16.4. The van der Waals surface area contributed by atoms with Crippen LogP contribution in [0.25, 0.3) is 5.69 Å². The number of aromatic amines is 1. The highest BCUT2D eigenvalue weighted by Gasteiger charge is 2.23. The zero-order valence-electron chi connectivity index (χ0n) is 22.0. The Balaban J connectivity index is 1.75. The third-order valence-electron chi connectivity index (χ3n) is 7.20. The van der Waals surface area contributed by atoms with Crippen molar-refractivity contribution in [2.75, 3.05) is 0 Å². The lowest BCUT2D eigenvalue weighted by Crippen LogP contribution is -2.34. The standard InChI is InChI=1S/C31H52N2/c1-3-5-7-9-11-12-13-14-15-17-20-24-29(23-19-16-10-8-6-4-2)31-32-27-28-33(31)30-25-21-18-22-26-30/h18,21-22,25-29H,3-17,19-20,23-24H2,1-2H3/p+1/t29-/m0/s1. The Morgan fingerprint density at radius 2 is 1.06 bits per heavy atom. The zero-order valence-corrected chi connectivity index (χ0v) is 22.0. The quantitative estimate of drug-likeness (QED) is 0.143. The summed E-state index contributed by atoms with van der Waals surface area (Å²) in [5.74, 6) is 2.05. The smallest absolute Gasteiger partial charge is 0.247 e. The average molecular weight is 454 g/mol. The molecule has 0 spiro atoms. The minimum absolute atomic E-state index is 0.643. The van der Waals surface area contributed by atoms with Crippen molar-refractivity contribution in [2.45, 2.75) is 142 Å². The fraction of sp³-hybridized carbons (Fsp3) is 0.710. The van der Waals surface area contributed by atoms with E-state index in [-0.39, 0.29) is 0 Å². The molecule has 2 heteroatoms. The molecule has 1 heterocycles. The molecule has 2 rings (SSSR count). The van der Waals surface area contributed by atoms with Crippen LogP contribution < -0.4 is 4.57 Å². The van der Waals surface area contributed by atoms with Gasteiger partial charge < -0.3 is 0 Å². The Morgan fingerprint density at radius 1 is 0.606 bits per heavy atom. The van der Waals surface area contributed by atoms with Crippen LogP contribution in [0.5, 0.6) is 0 Å². The molecule has 0 amide bonds. The molecule has 0 fully saturated rings. The minimum atomic E-state index is 0.643. The molecule has 1 aromatic carbocycles. The van der Waals surface area contributed by atoms with E-state index in [9.17, 15) is 0 Å². The van der Waals surface area contributed by atoms with E-state index in [2.05, 4.69) is 66.1 Å². The van der Waals surface area contributed by atoms with Crippen LogP contribution in [-0.2, 0) is 0 Å². The van der Waals surface area contributed by atoms with Gasteiger partial charge in [-0.3, -0.25) is 0 Å². The number of unbranched alkanes of at least 4 members (excludes halogenated alkanes) is 15. The Hall–Kier alpha value is -1.57. The van der Waals surface area contributed by atoms with Gasteiger partial charge in [-0.1, -0.05) is 141 Å². The summed E-state index contributed by atoms with van der Waals surface area (Å²) in [6, 6.07) is 10.8. The topological polar surface area (TPSA) is 19.7 Å². The number of H-pyrrole nitrogens is 1. The summed E-state index contributed by atoms with van der Waals surface area (Å²) in [6.45, 7) is 4.60.